The van der Waals surface area contributed by atoms with E-state index in [2.05, 4.69) is 0 Å². The van der Waals surface area contributed by atoms with Crippen LogP contribution in [0.2, 0.25) is 0 Å². The van der Waals surface area contributed by atoms with E-state index in [1.54, 1.807) is 48.5 Å². The Bertz CT molecular complexity index is 999. The van der Waals surface area contributed by atoms with Crippen LogP contribution >= 0.6 is 0 Å². The van der Waals surface area contributed by atoms with Crippen LogP contribution in [0.25, 0.3) is 0 Å². The van der Waals surface area contributed by atoms with Crippen LogP contribution in [-0.2, 0) is 34.3 Å². The number of hydrogen-bond donors (Lipinski definition) is 0. The van der Waals surface area contributed by atoms with Gasteiger partial charge in [-0.15, -0.1) is 0 Å². The monoisotopic (exact) mass is 434 g/mol. The highest BCUT2D eigenvalue weighted by Gasteiger charge is 2.65. The molecule has 0 spiro atoms. The van der Waals surface area contributed by atoms with Gasteiger partial charge >= 0.3 is 0 Å². The minimum absolute atomic E-state index is 0.275. The molecule has 0 aliphatic heterocycles. The maximum Gasteiger partial charge on any atom is 0.199 e. The Morgan fingerprint density at radius 2 is 0.966 bits per heavy atom. The van der Waals surface area contributed by atoms with Gasteiger partial charge in [0.05, 0.1) is 0 Å². The van der Waals surface area contributed by atoms with E-state index >= 15 is 0 Å². The molecule has 0 amide bonds. The summed E-state index contributed by atoms with van der Waals surface area (Å²) in [6.07, 6.45) is 5.04. The molecule has 0 saturated heterocycles. The fourth-order valence-corrected chi connectivity index (χ4v) is 7.86. The van der Waals surface area contributed by atoms with Crippen molar-refractivity contribution in [3.63, 3.8) is 0 Å². The van der Waals surface area contributed by atoms with Crippen molar-refractivity contribution in [1.29, 1.82) is 0 Å². The summed E-state index contributed by atoms with van der Waals surface area (Å²) in [7, 11) is -7.62. The Morgan fingerprint density at radius 1 is 0.655 bits per heavy atom. The van der Waals surface area contributed by atoms with Gasteiger partial charge in [0.1, 0.15) is 0 Å². The highest BCUT2D eigenvalue weighted by Crippen LogP contribution is 2.60. The standard InChI is InChI=1S/C22H26O5S2/c1-28(23,24)21(19-13-14-19,17-9-5-3-6-10-17)27-22(20-15-16-20,29(2,25)26)18-11-7-4-8-12-18/h3-12,19-20H,13-16H2,1-2H3. The van der Waals surface area contributed by atoms with E-state index in [0.717, 1.165) is 12.5 Å². The molecule has 7 heteroatoms. The Labute approximate surface area is 172 Å². The van der Waals surface area contributed by atoms with E-state index in [1.165, 1.54) is 0 Å². The molecule has 2 aromatic rings. The lowest BCUT2D eigenvalue weighted by Crippen LogP contribution is -2.51. The first-order chi connectivity index (χ1) is 13.6. The van der Waals surface area contributed by atoms with Crippen molar-refractivity contribution < 1.29 is 21.6 Å². The summed E-state index contributed by atoms with van der Waals surface area (Å²) in [5.74, 6) is -0.549. The fourth-order valence-electron chi connectivity index (χ4n) is 4.43. The van der Waals surface area contributed by atoms with Gasteiger partial charge in [0.15, 0.2) is 29.5 Å². The number of sulfone groups is 2. The average molecular weight is 435 g/mol. The van der Waals surface area contributed by atoms with Gasteiger partial charge in [0, 0.05) is 24.3 Å². The molecule has 4 rings (SSSR count). The average Bonchev–Trinajstić information content (AvgIpc) is 3.54. The minimum Gasteiger partial charge on any atom is -0.327 e. The van der Waals surface area contributed by atoms with Crippen molar-refractivity contribution in [1.82, 2.24) is 0 Å². The highest BCUT2D eigenvalue weighted by molar-refractivity contribution is 7.92. The molecular weight excluding hydrogens is 408 g/mol. The third-order valence-corrected chi connectivity index (χ3v) is 9.49. The van der Waals surface area contributed by atoms with Gasteiger partial charge in [-0.2, -0.15) is 0 Å². The summed E-state index contributed by atoms with van der Waals surface area (Å²) in [4.78, 5) is -3.40. The van der Waals surface area contributed by atoms with Crippen molar-refractivity contribution in [2.24, 2.45) is 11.8 Å². The van der Waals surface area contributed by atoms with Gasteiger partial charge < -0.3 is 4.74 Å². The second-order valence-corrected chi connectivity index (χ2v) is 12.6. The van der Waals surface area contributed by atoms with Crippen LogP contribution in [0.15, 0.2) is 60.7 Å². The van der Waals surface area contributed by atoms with E-state index in [1.807, 2.05) is 12.1 Å². The third kappa shape index (κ3) is 3.33. The maximum atomic E-state index is 13.3. The van der Waals surface area contributed by atoms with Crippen molar-refractivity contribution in [3.8, 4) is 0 Å². The molecule has 29 heavy (non-hydrogen) atoms. The maximum absolute atomic E-state index is 13.3. The number of rotatable bonds is 8. The molecular formula is C22H26O5S2. The van der Waals surface area contributed by atoms with Crippen LogP contribution in [0.5, 0.6) is 0 Å². The van der Waals surface area contributed by atoms with E-state index in [9.17, 15) is 16.8 Å². The largest absolute Gasteiger partial charge is 0.327 e. The first-order valence-corrected chi connectivity index (χ1v) is 13.6. The molecule has 0 N–H and O–H groups in total. The molecule has 0 bridgehead atoms. The lowest BCUT2D eigenvalue weighted by atomic mass is 10.0. The predicted molar refractivity (Wildman–Crippen MR) is 112 cm³/mol. The number of ether oxygens (including phenoxy) is 1. The zero-order chi connectivity index (χ0) is 20.9. The molecule has 0 aromatic heterocycles. The first kappa shape index (κ1) is 20.6. The molecule has 2 aliphatic carbocycles. The minimum atomic E-state index is -3.81. The summed E-state index contributed by atoms with van der Waals surface area (Å²) in [5, 5.41) is 0. The van der Waals surface area contributed by atoms with E-state index in [0.29, 0.717) is 36.8 Å². The zero-order valence-electron chi connectivity index (χ0n) is 16.6. The molecule has 2 atom stereocenters. The van der Waals surface area contributed by atoms with E-state index < -0.39 is 29.5 Å². The van der Waals surface area contributed by atoms with E-state index in [-0.39, 0.29) is 11.8 Å². The van der Waals surface area contributed by atoms with Gasteiger partial charge in [-0.25, -0.2) is 16.8 Å². The second kappa shape index (κ2) is 6.93. The normalized spacial score (nSPS) is 21.9. The Hall–Kier alpha value is -1.70. The smallest absolute Gasteiger partial charge is 0.199 e. The summed E-state index contributed by atoms with van der Waals surface area (Å²) < 4.78 is 59.8. The lowest BCUT2D eigenvalue weighted by Gasteiger charge is -2.43. The fraction of sp³-hybridized carbons (Fsp3) is 0.455. The SMILES string of the molecule is CS(=O)(=O)C(OC(c1ccccc1)(C1CC1)S(C)(=O)=O)(c1ccccc1)C1CC1. The molecule has 2 aliphatic rings. The summed E-state index contributed by atoms with van der Waals surface area (Å²) in [5.41, 5.74) is 0.990. The molecule has 0 radical (unpaired) electrons. The van der Waals surface area contributed by atoms with Crippen LogP contribution in [0.3, 0.4) is 0 Å². The van der Waals surface area contributed by atoms with Crippen molar-refractivity contribution in [2.45, 2.75) is 35.5 Å². The Morgan fingerprint density at radius 3 is 1.21 bits per heavy atom. The van der Waals surface area contributed by atoms with Gasteiger partial charge in [-0.05, 0) is 36.8 Å². The van der Waals surface area contributed by atoms with Crippen LogP contribution in [0.4, 0.5) is 0 Å². The van der Waals surface area contributed by atoms with Crippen LogP contribution in [0.1, 0.15) is 36.8 Å². The quantitative estimate of drug-likeness (QED) is 0.634. The number of benzene rings is 2. The predicted octanol–water partition coefficient (Wildman–Crippen LogP) is 3.62. The molecule has 2 aromatic carbocycles. The van der Waals surface area contributed by atoms with Crippen LogP contribution in [-0.4, -0.2) is 29.3 Å². The van der Waals surface area contributed by atoms with Crippen molar-refractivity contribution >= 4 is 19.7 Å². The summed E-state index contributed by atoms with van der Waals surface area (Å²) in [6.45, 7) is 0. The van der Waals surface area contributed by atoms with Crippen LogP contribution in [0, 0.1) is 11.8 Å². The van der Waals surface area contributed by atoms with E-state index in [4.69, 9.17) is 4.74 Å². The van der Waals surface area contributed by atoms with Crippen LogP contribution < -0.4 is 0 Å². The molecule has 5 nitrogen and oxygen atoms in total. The molecule has 2 fully saturated rings. The molecule has 156 valence electrons. The first-order valence-electron chi connectivity index (χ1n) is 9.83. The lowest BCUT2D eigenvalue weighted by molar-refractivity contribution is -0.0981. The highest BCUT2D eigenvalue weighted by atomic mass is 32.2. The number of hydrogen-bond acceptors (Lipinski definition) is 5. The summed E-state index contributed by atoms with van der Waals surface area (Å²) in [6, 6.07) is 17.6. The third-order valence-electron chi connectivity index (χ3n) is 5.99. The second-order valence-electron chi connectivity index (χ2n) is 8.26. The Balaban J connectivity index is 2.01. The van der Waals surface area contributed by atoms with Crippen molar-refractivity contribution in [3.05, 3.63) is 71.8 Å². The summed E-state index contributed by atoms with van der Waals surface area (Å²) >= 11 is 0. The molecule has 0 heterocycles. The van der Waals surface area contributed by atoms with Gasteiger partial charge in [0.25, 0.3) is 0 Å². The van der Waals surface area contributed by atoms with Crippen molar-refractivity contribution in [2.75, 3.05) is 12.5 Å². The van der Waals surface area contributed by atoms with Gasteiger partial charge in [-0.3, -0.25) is 0 Å². The topological polar surface area (TPSA) is 77.5 Å². The molecule has 2 saturated carbocycles. The Kier molecular flexibility index (Phi) is 4.91. The van der Waals surface area contributed by atoms with Gasteiger partial charge in [-0.1, -0.05) is 60.7 Å². The van der Waals surface area contributed by atoms with Gasteiger partial charge in [0.2, 0.25) is 0 Å². The molecule has 2 unspecified atom stereocenters. The zero-order valence-corrected chi connectivity index (χ0v) is 18.2.